The summed E-state index contributed by atoms with van der Waals surface area (Å²) < 4.78 is 0. The van der Waals surface area contributed by atoms with E-state index in [0.29, 0.717) is 5.92 Å². The Labute approximate surface area is 121 Å². The Hall–Kier alpha value is -1.10. The lowest BCUT2D eigenvalue weighted by Gasteiger charge is -2.38. The van der Waals surface area contributed by atoms with Crippen LogP contribution >= 0.6 is 0 Å². The van der Waals surface area contributed by atoms with Gasteiger partial charge in [0.25, 0.3) is 0 Å². The number of rotatable bonds is 3. The van der Waals surface area contributed by atoms with E-state index >= 15 is 0 Å². The highest BCUT2D eigenvalue weighted by Gasteiger charge is 2.40. The highest BCUT2D eigenvalue weighted by Crippen LogP contribution is 2.31. The van der Waals surface area contributed by atoms with Crippen LogP contribution < -0.4 is 5.73 Å². The Morgan fingerprint density at radius 3 is 2.55 bits per heavy atom. The van der Waals surface area contributed by atoms with Gasteiger partial charge in [-0.2, -0.15) is 0 Å². The number of amides is 2. The maximum absolute atomic E-state index is 12.5. The molecule has 0 radical (unpaired) electrons. The summed E-state index contributed by atoms with van der Waals surface area (Å²) in [5, 5.41) is 0. The molecule has 2 N–H and O–H groups in total. The van der Waals surface area contributed by atoms with Crippen LogP contribution in [0.5, 0.6) is 0 Å². The van der Waals surface area contributed by atoms with Crippen LogP contribution in [0.4, 0.5) is 0 Å². The Kier molecular flexibility index (Phi) is 4.68. The second-order valence-electron chi connectivity index (χ2n) is 6.61. The van der Waals surface area contributed by atoms with Gasteiger partial charge in [0.15, 0.2) is 0 Å². The van der Waals surface area contributed by atoms with Gasteiger partial charge < -0.3 is 15.5 Å². The first-order valence-electron chi connectivity index (χ1n) is 7.74. The molecule has 0 aromatic rings. The predicted octanol–water partition coefficient (Wildman–Crippen LogP) is 0.975. The lowest BCUT2D eigenvalue weighted by atomic mass is 9.76. The van der Waals surface area contributed by atoms with Crippen LogP contribution in [0.1, 0.15) is 45.4 Å². The maximum Gasteiger partial charge on any atom is 0.242 e. The molecule has 2 aliphatic rings. The minimum Gasteiger partial charge on any atom is -0.341 e. The average Bonchev–Trinajstić information content (AvgIpc) is 2.91. The standard InChI is InChI=1S/C15H27N3O2/c1-12-6-5-7-15(16,10-12)14(20)17(2)11-13(19)18-8-3-4-9-18/h12H,3-11,16H2,1-2H3. The van der Waals surface area contributed by atoms with Gasteiger partial charge in [-0.1, -0.05) is 19.8 Å². The fourth-order valence-corrected chi connectivity index (χ4v) is 3.51. The number of nitrogens with zero attached hydrogens (tertiary/aromatic N) is 2. The van der Waals surface area contributed by atoms with Crippen molar-refractivity contribution in [1.82, 2.24) is 9.80 Å². The lowest BCUT2D eigenvalue weighted by Crippen LogP contribution is -2.57. The highest BCUT2D eigenvalue weighted by atomic mass is 16.2. The molecule has 2 unspecified atom stereocenters. The number of carbonyl (C=O) groups is 2. The van der Waals surface area contributed by atoms with Gasteiger partial charge in [-0.3, -0.25) is 9.59 Å². The number of nitrogens with two attached hydrogens (primary N) is 1. The normalized spacial score (nSPS) is 30.4. The van der Waals surface area contributed by atoms with Crippen molar-refractivity contribution in [2.45, 2.75) is 51.0 Å². The molecular weight excluding hydrogens is 254 g/mol. The van der Waals surface area contributed by atoms with Crippen molar-refractivity contribution in [3.8, 4) is 0 Å². The zero-order chi connectivity index (χ0) is 14.8. The van der Waals surface area contributed by atoms with Crippen molar-refractivity contribution in [3.63, 3.8) is 0 Å². The largest absolute Gasteiger partial charge is 0.341 e. The Morgan fingerprint density at radius 1 is 1.30 bits per heavy atom. The van der Waals surface area contributed by atoms with Crippen molar-refractivity contribution in [3.05, 3.63) is 0 Å². The summed E-state index contributed by atoms with van der Waals surface area (Å²) >= 11 is 0. The van der Waals surface area contributed by atoms with Crippen LogP contribution in [-0.4, -0.2) is 53.8 Å². The molecule has 1 aliphatic carbocycles. The van der Waals surface area contributed by atoms with Gasteiger partial charge in [0, 0.05) is 20.1 Å². The summed E-state index contributed by atoms with van der Waals surface area (Å²) in [6.45, 7) is 3.95. The van der Waals surface area contributed by atoms with Gasteiger partial charge in [0.1, 0.15) is 0 Å². The van der Waals surface area contributed by atoms with Crippen LogP contribution in [0, 0.1) is 5.92 Å². The summed E-state index contributed by atoms with van der Waals surface area (Å²) in [6, 6.07) is 0. The fourth-order valence-electron chi connectivity index (χ4n) is 3.51. The molecule has 2 rings (SSSR count). The number of carbonyl (C=O) groups excluding carboxylic acids is 2. The number of hydrogen-bond donors (Lipinski definition) is 1. The van der Waals surface area contributed by atoms with Crippen molar-refractivity contribution in [1.29, 1.82) is 0 Å². The molecule has 20 heavy (non-hydrogen) atoms. The average molecular weight is 281 g/mol. The first kappa shape index (κ1) is 15.3. The van der Waals surface area contributed by atoms with E-state index in [1.54, 1.807) is 7.05 Å². The summed E-state index contributed by atoms with van der Waals surface area (Å²) in [6.07, 6.45) is 5.75. The summed E-state index contributed by atoms with van der Waals surface area (Å²) in [5.74, 6) is 0.461. The van der Waals surface area contributed by atoms with Crippen LogP contribution in [0.15, 0.2) is 0 Å². The van der Waals surface area contributed by atoms with Crippen LogP contribution in [0.3, 0.4) is 0 Å². The molecule has 114 valence electrons. The zero-order valence-corrected chi connectivity index (χ0v) is 12.7. The van der Waals surface area contributed by atoms with Crippen LogP contribution in [-0.2, 0) is 9.59 Å². The molecule has 0 spiro atoms. The molecular formula is C15H27N3O2. The number of likely N-dealkylation sites (tertiary alicyclic amines) is 1. The molecule has 1 heterocycles. The fraction of sp³-hybridized carbons (Fsp3) is 0.867. The summed E-state index contributed by atoms with van der Waals surface area (Å²) in [5.41, 5.74) is 5.54. The molecule has 0 aromatic carbocycles. The first-order chi connectivity index (χ1) is 9.42. The van der Waals surface area contributed by atoms with Gasteiger partial charge in [0.2, 0.25) is 11.8 Å². The van der Waals surface area contributed by atoms with E-state index in [2.05, 4.69) is 6.92 Å². The second kappa shape index (κ2) is 6.12. The minimum absolute atomic E-state index is 0.0470. The molecule has 2 fully saturated rings. The molecule has 5 heteroatoms. The van der Waals surface area contributed by atoms with E-state index in [4.69, 9.17) is 5.73 Å². The SMILES string of the molecule is CC1CCCC(N)(C(=O)N(C)CC(=O)N2CCCC2)C1. The highest BCUT2D eigenvalue weighted by molar-refractivity contribution is 5.90. The summed E-state index contributed by atoms with van der Waals surface area (Å²) in [4.78, 5) is 28.0. The molecule has 2 amide bonds. The van der Waals surface area contributed by atoms with Crippen LogP contribution in [0.2, 0.25) is 0 Å². The van der Waals surface area contributed by atoms with E-state index in [1.807, 2.05) is 4.90 Å². The third-order valence-electron chi connectivity index (χ3n) is 4.64. The quantitative estimate of drug-likeness (QED) is 0.838. The third-order valence-corrected chi connectivity index (χ3v) is 4.64. The van der Waals surface area contributed by atoms with E-state index in [9.17, 15) is 9.59 Å². The molecule has 1 saturated heterocycles. The van der Waals surface area contributed by atoms with Gasteiger partial charge in [0.05, 0.1) is 12.1 Å². The van der Waals surface area contributed by atoms with E-state index < -0.39 is 5.54 Å². The topological polar surface area (TPSA) is 66.6 Å². The van der Waals surface area contributed by atoms with E-state index in [-0.39, 0.29) is 18.4 Å². The Bertz CT molecular complexity index is 379. The van der Waals surface area contributed by atoms with Crippen molar-refractivity contribution < 1.29 is 9.59 Å². The molecule has 0 bridgehead atoms. The Morgan fingerprint density at radius 2 is 1.95 bits per heavy atom. The maximum atomic E-state index is 12.5. The van der Waals surface area contributed by atoms with Crippen molar-refractivity contribution in [2.24, 2.45) is 11.7 Å². The number of hydrogen-bond acceptors (Lipinski definition) is 3. The predicted molar refractivity (Wildman–Crippen MR) is 78.0 cm³/mol. The third kappa shape index (κ3) is 3.32. The van der Waals surface area contributed by atoms with Gasteiger partial charge in [-0.05, 0) is 31.6 Å². The smallest absolute Gasteiger partial charge is 0.242 e. The van der Waals surface area contributed by atoms with Crippen molar-refractivity contribution in [2.75, 3.05) is 26.7 Å². The van der Waals surface area contributed by atoms with Crippen molar-refractivity contribution >= 4 is 11.8 Å². The molecule has 0 aromatic heterocycles. The first-order valence-corrected chi connectivity index (χ1v) is 7.74. The number of likely N-dealkylation sites (N-methyl/N-ethyl adjacent to an activating group) is 1. The molecule has 5 nitrogen and oxygen atoms in total. The summed E-state index contributed by atoms with van der Waals surface area (Å²) in [7, 11) is 1.70. The zero-order valence-electron chi connectivity index (χ0n) is 12.7. The molecule has 1 aliphatic heterocycles. The molecule has 2 atom stereocenters. The molecule has 1 saturated carbocycles. The second-order valence-corrected chi connectivity index (χ2v) is 6.61. The van der Waals surface area contributed by atoms with E-state index in [0.717, 1.165) is 51.6 Å². The van der Waals surface area contributed by atoms with Crippen LogP contribution in [0.25, 0.3) is 0 Å². The Balaban J connectivity index is 1.92. The minimum atomic E-state index is -0.766. The lowest BCUT2D eigenvalue weighted by molar-refractivity contribution is -0.143. The van der Waals surface area contributed by atoms with Gasteiger partial charge in [-0.15, -0.1) is 0 Å². The van der Waals surface area contributed by atoms with Gasteiger partial charge >= 0.3 is 0 Å². The van der Waals surface area contributed by atoms with Gasteiger partial charge in [-0.25, -0.2) is 0 Å². The monoisotopic (exact) mass is 281 g/mol. The van der Waals surface area contributed by atoms with E-state index in [1.165, 1.54) is 4.90 Å².